The predicted octanol–water partition coefficient (Wildman–Crippen LogP) is 11.7. The molecule has 0 saturated heterocycles. The van der Waals surface area contributed by atoms with Gasteiger partial charge in [-0.25, -0.2) is 0 Å². The molecule has 0 N–H and O–H groups in total. The summed E-state index contributed by atoms with van der Waals surface area (Å²) in [7, 11) is 0. The van der Waals surface area contributed by atoms with Crippen molar-refractivity contribution in [3.63, 3.8) is 0 Å². The minimum atomic E-state index is -0.229. The van der Waals surface area contributed by atoms with Crippen molar-refractivity contribution >= 4 is 52.0 Å². The highest BCUT2D eigenvalue weighted by molar-refractivity contribution is 7.90. The molecule has 6 heteroatoms. The number of carbonyl (C=O) groups excluding carboxylic acids is 2. The van der Waals surface area contributed by atoms with Crippen LogP contribution in [0.2, 0.25) is 0 Å². The molecule has 0 spiro atoms. The highest BCUT2D eigenvalue weighted by atomic mass is 32.1. The Hall–Kier alpha value is -1.63. The van der Waals surface area contributed by atoms with Crippen LogP contribution in [0.4, 0.5) is 0 Å². The lowest BCUT2D eigenvalue weighted by atomic mass is 9.90. The molecule has 0 aromatic carbocycles. The third kappa shape index (κ3) is 8.51. The fraction of sp³-hybridized carbons (Fsp3) is 0.611. The Morgan fingerprint density at radius 3 is 2.02 bits per heavy atom. The fourth-order valence-corrected chi connectivity index (χ4v) is 8.60. The second-order valence-electron chi connectivity index (χ2n) is 13.8. The van der Waals surface area contributed by atoms with E-state index < -0.39 is 0 Å². The Balaban J connectivity index is 2.14. The number of amides is 2. The van der Waals surface area contributed by atoms with Gasteiger partial charge in [-0.05, 0) is 61.1 Å². The Morgan fingerprint density at radius 1 is 0.833 bits per heavy atom. The molecule has 2 aromatic rings. The van der Waals surface area contributed by atoms with E-state index in [0.29, 0.717) is 17.7 Å². The number of unbranched alkanes of at least 4 members (excludes halogenated alkanes) is 6. The number of imide groups is 1. The van der Waals surface area contributed by atoms with Crippen LogP contribution < -0.4 is 0 Å². The van der Waals surface area contributed by atoms with E-state index in [0.717, 1.165) is 43.7 Å². The average Bonchev–Trinajstić information content (AvgIpc) is 3.56. The molecule has 3 rings (SSSR count). The normalized spacial score (nSPS) is 14.9. The molecule has 2 amide bonds. The number of fused-ring (bicyclic) bond motifs is 1. The summed E-state index contributed by atoms with van der Waals surface area (Å²) < 4.78 is 0. The van der Waals surface area contributed by atoms with Gasteiger partial charge in [0.15, 0.2) is 0 Å². The molecule has 0 unspecified atom stereocenters. The standard InChI is InChI=1S/C36H53NO2S3/c1-10-13-15-17-19-24(23-35(4,5)6)21-26(40)27-22-25(20-18-16-14-11-2)30(41-27)31-28-29(32(42-31)36(7,8)9)34(39)37(12-3)33(28)38/h21-23,40H,10-20H2,1-9H3/b24-23+,26-21-. The Labute approximate surface area is 269 Å². The van der Waals surface area contributed by atoms with Gasteiger partial charge in [-0.15, -0.1) is 35.3 Å². The summed E-state index contributed by atoms with van der Waals surface area (Å²) in [5.74, 6) is -0.281. The van der Waals surface area contributed by atoms with Crippen molar-refractivity contribution in [2.24, 2.45) is 5.41 Å². The van der Waals surface area contributed by atoms with E-state index in [-0.39, 0.29) is 22.6 Å². The largest absolute Gasteiger partial charge is 0.275 e. The lowest BCUT2D eigenvalue weighted by Crippen LogP contribution is -2.30. The topological polar surface area (TPSA) is 37.4 Å². The third-order valence-corrected chi connectivity index (χ3v) is 11.2. The molecular weight excluding hydrogens is 575 g/mol. The van der Waals surface area contributed by atoms with Crippen LogP contribution in [0.15, 0.2) is 23.8 Å². The highest BCUT2D eigenvalue weighted by Gasteiger charge is 2.43. The molecule has 1 aliphatic rings. The molecule has 232 valence electrons. The lowest BCUT2D eigenvalue weighted by Gasteiger charge is -2.19. The first-order valence-corrected chi connectivity index (χ1v) is 18.1. The number of carbonyl (C=O) groups is 2. The van der Waals surface area contributed by atoms with Gasteiger partial charge in [-0.3, -0.25) is 14.5 Å². The average molecular weight is 628 g/mol. The maximum Gasteiger partial charge on any atom is 0.263 e. The quantitative estimate of drug-likeness (QED) is 0.0979. The molecule has 0 fully saturated rings. The van der Waals surface area contributed by atoms with E-state index in [2.05, 4.69) is 73.6 Å². The first-order valence-electron chi connectivity index (χ1n) is 16.0. The van der Waals surface area contributed by atoms with Gasteiger partial charge in [0.25, 0.3) is 11.8 Å². The van der Waals surface area contributed by atoms with Gasteiger partial charge >= 0.3 is 0 Å². The molecular formula is C36H53NO2S3. The van der Waals surface area contributed by atoms with Crippen LogP contribution in [0.3, 0.4) is 0 Å². The molecule has 42 heavy (non-hydrogen) atoms. The first-order chi connectivity index (χ1) is 19.7. The minimum Gasteiger partial charge on any atom is -0.275 e. The summed E-state index contributed by atoms with van der Waals surface area (Å²) in [5.41, 5.74) is 3.73. The second-order valence-corrected chi connectivity index (χ2v) is 16.4. The summed E-state index contributed by atoms with van der Waals surface area (Å²) in [6, 6.07) is 2.30. The molecule has 0 bridgehead atoms. The summed E-state index contributed by atoms with van der Waals surface area (Å²) in [6.45, 7) is 19.9. The smallest absolute Gasteiger partial charge is 0.263 e. The molecule has 0 saturated carbocycles. The SMILES string of the molecule is CCCCCCC(/C=C(\S)c1cc(CCCCCC)c(-c2sc(C(C)(C)C)c3c2C(=O)N(CC)C3=O)s1)=C\C(C)(C)C. The fourth-order valence-electron chi connectivity index (χ4n) is 5.60. The number of allylic oxidation sites excluding steroid dienone is 3. The summed E-state index contributed by atoms with van der Waals surface area (Å²) in [6.07, 6.45) is 16.4. The van der Waals surface area contributed by atoms with Gasteiger partial charge in [0, 0.05) is 26.1 Å². The van der Waals surface area contributed by atoms with E-state index in [1.165, 1.54) is 61.0 Å². The van der Waals surface area contributed by atoms with Gasteiger partial charge in [0.05, 0.1) is 16.0 Å². The maximum absolute atomic E-state index is 13.6. The zero-order chi connectivity index (χ0) is 31.2. The van der Waals surface area contributed by atoms with Gasteiger partial charge in [-0.1, -0.05) is 106 Å². The monoisotopic (exact) mass is 627 g/mol. The molecule has 3 nitrogen and oxygen atoms in total. The Bertz CT molecular complexity index is 1310. The van der Waals surface area contributed by atoms with Gasteiger partial charge in [0.2, 0.25) is 0 Å². The van der Waals surface area contributed by atoms with Crippen LogP contribution >= 0.6 is 35.3 Å². The second kappa shape index (κ2) is 14.9. The van der Waals surface area contributed by atoms with Crippen LogP contribution in [0.5, 0.6) is 0 Å². The Kier molecular flexibility index (Phi) is 12.4. The minimum absolute atomic E-state index is 0.0919. The van der Waals surface area contributed by atoms with Crippen LogP contribution in [0.1, 0.15) is 156 Å². The van der Waals surface area contributed by atoms with Crippen molar-refractivity contribution < 1.29 is 9.59 Å². The van der Waals surface area contributed by atoms with Crippen molar-refractivity contribution in [1.82, 2.24) is 4.90 Å². The predicted molar refractivity (Wildman–Crippen MR) is 188 cm³/mol. The molecule has 3 heterocycles. The zero-order valence-electron chi connectivity index (χ0n) is 27.5. The molecule has 0 atom stereocenters. The van der Waals surface area contributed by atoms with Gasteiger partial charge in [-0.2, -0.15) is 0 Å². The number of aryl methyl sites for hydroxylation is 1. The third-order valence-electron chi connectivity index (χ3n) is 7.65. The molecule has 0 radical (unpaired) electrons. The number of rotatable bonds is 14. The molecule has 1 aliphatic heterocycles. The van der Waals surface area contributed by atoms with Gasteiger partial charge in [0.1, 0.15) is 0 Å². The van der Waals surface area contributed by atoms with Crippen LogP contribution in [0, 0.1) is 5.41 Å². The van der Waals surface area contributed by atoms with E-state index >= 15 is 0 Å². The van der Waals surface area contributed by atoms with E-state index in [4.69, 9.17) is 12.6 Å². The van der Waals surface area contributed by atoms with E-state index in [1.807, 2.05) is 6.92 Å². The van der Waals surface area contributed by atoms with E-state index in [1.54, 1.807) is 22.7 Å². The summed E-state index contributed by atoms with van der Waals surface area (Å²) >= 11 is 8.45. The van der Waals surface area contributed by atoms with Crippen LogP contribution in [-0.4, -0.2) is 23.3 Å². The number of nitrogens with zero attached hydrogens (tertiary/aromatic N) is 1. The number of hydrogen-bond acceptors (Lipinski definition) is 5. The Morgan fingerprint density at radius 2 is 1.45 bits per heavy atom. The van der Waals surface area contributed by atoms with Crippen molar-refractivity contribution in [3.05, 3.63) is 50.2 Å². The van der Waals surface area contributed by atoms with Crippen molar-refractivity contribution in [2.45, 2.75) is 132 Å². The van der Waals surface area contributed by atoms with Crippen molar-refractivity contribution in [2.75, 3.05) is 6.54 Å². The maximum atomic E-state index is 13.6. The highest BCUT2D eigenvalue weighted by Crippen LogP contribution is 2.50. The first kappa shape index (κ1) is 34.9. The molecule has 2 aromatic heterocycles. The zero-order valence-corrected chi connectivity index (χ0v) is 30.1. The number of thiophene rings is 2. The van der Waals surface area contributed by atoms with Crippen LogP contribution in [-0.2, 0) is 11.8 Å². The molecule has 0 aliphatic carbocycles. The van der Waals surface area contributed by atoms with E-state index in [9.17, 15) is 9.59 Å². The van der Waals surface area contributed by atoms with Gasteiger partial charge < -0.3 is 0 Å². The van der Waals surface area contributed by atoms with Crippen molar-refractivity contribution in [1.29, 1.82) is 0 Å². The van der Waals surface area contributed by atoms with Crippen LogP contribution in [0.25, 0.3) is 14.7 Å². The lowest BCUT2D eigenvalue weighted by molar-refractivity contribution is 0.0662. The number of thiol groups is 1. The summed E-state index contributed by atoms with van der Waals surface area (Å²) in [4.78, 5) is 33.7. The van der Waals surface area contributed by atoms with Crippen molar-refractivity contribution in [3.8, 4) is 9.75 Å². The number of hydrogen-bond donors (Lipinski definition) is 1. The summed E-state index contributed by atoms with van der Waals surface area (Å²) in [5, 5.41) is 0.